The van der Waals surface area contributed by atoms with E-state index < -0.39 is 11.9 Å². The summed E-state index contributed by atoms with van der Waals surface area (Å²) in [7, 11) is 0. The van der Waals surface area contributed by atoms with Crippen molar-refractivity contribution in [1.82, 2.24) is 0 Å². The summed E-state index contributed by atoms with van der Waals surface area (Å²) in [5.74, 6) is -3.65. The molecule has 0 aromatic carbocycles. The smallest absolute Gasteiger partial charge is 1.00 e. The zero-order valence-electron chi connectivity index (χ0n) is 5.21. The van der Waals surface area contributed by atoms with Crippen LogP contribution in [-0.2, 0) is 9.59 Å². The third-order valence-corrected chi connectivity index (χ3v) is 0.183. The first-order chi connectivity index (χ1) is 2.64. The summed E-state index contributed by atoms with van der Waals surface area (Å²) < 4.78 is 0. The van der Waals surface area contributed by atoms with Crippen LogP contribution in [0, 0.1) is 0 Å². The molecule has 0 unspecified atom stereocenters. The summed E-state index contributed by atoms with van der Waals surface area (Å²) in [4.78, 5) is 18.2. The number of hydrogen-bond donors (Lipinski definition) is 2. The Balaban J connectivity index is -0.0000000208. The molecule has 0 rings (SSSR count). The summed E-state index contributed by atoms with van der Waals surface area (Å²) in [5, 5.41) is 14.8. The van der Waals surface area contributed by atoms with E-state index in [9.17, 15) is 0 Å². The Morgan fingerprint density at radius 1 is 1.11 bits per heavy atom. The third kappa shape index (κ3) is 18.0. The summed E-state index contributed by atoms with van der Waals surface area (Å²) in [5.41, 5.74) is 0. The number of carboxylic acids is 2. The molecule has 9 heavy (non-hydrogen) atoms. The molecule has 5 nitrogen and oxygen atoms in total. The largest absolute Gasteiger partial charge is 1.00 e. The Hall–Kier alpha value is 0.0299. The maximum atomic E-state index is 9.10. The first-order valence-electron chi connectivity index (χ1n) is 1.11. The van der Waals surface area contributed by atoms with Gasteiger partial charge in [-0.3, -0.25) is 0 Å². The van der Waals surface area contributed by atoms with Gasteiger partial charge in [0.25, 0.3) is 0 Å². The van der Waals surface area contributed by atoms with Gasteiger partial charge in [0.05, 0.1) is 0 Å². The van der Waals surface area contributed by atoms with Gasteiger partial charge in [-0.2, -0.15) is 0 Å². The molecule has 0 heterocycles. The zero-order chi connectivity index (χ0) is 5.15. The standard InChI is InChI=1S/C2H2O4.Al.Li.H2O.4H/c3-1(4)2(5)6;;;;;;;/h(H,3,4)(H,5,6);;;1H2;;;;/q;;+1;;;;;-1. The Labute approximate surface area is 75.2 Å². The number of aliphatic carboxylic acids is 2. The van der Waals surface area contributed by atoms with Gasteiger partial charge in [0.2, 0.25) is 0 Å². The number of carboxylic acid groups (broad SMARTS) is 2. The Morgan fingerprint density at radius 3 is 1.22 bits per heavy atom. The molecule has 4 N–H and O–H groups in total. The van der Waals surface area contributed by atoms with Crippen LogP contribution in [0.2, 0.25) is 0 Å². The van der Waals surface area contributed by atoms with Gasteiger partial charge in [0.1, 0.15) is 0 Å². The summed E-state index contributed by atoms with van der Waals surface area (Å²) in [6.07, 6.45) is 0. The van der Waals surface area contributed by atoms with Gasteiger partial charge in [0.15, 0.2) is 17.4 Å². The monoisotopic (exact) mass is 146 g/mol. The molecule has 0 aliphatic heterocycles. The quantitative estimate of drug-likeness (QED) is 0.262. The van der Waals surface area contributed by atoms with Crippen LogP contribution >= 0.6 is 0 Å². The molecule has 0 saturated heterocycles. The first kappa shape index (κ1) is 23.0. The predicted molar refractivity (Wildman–Crippen MR) is 29.9 cm³/mol. The molecular formula is C2H8AlLiO5. The Bertz CT molecular complexity index is 85.6. The Kier molecular flexibility index (Phi) is 27.9. The molecule has 0 aliphatic carbocycles. The fraction of sp³-hybridized carbons (Fsp3) is 0. The van der Waals surface area contributed by atoms with Gasteiger partial charge >= 0.3 is 30.8 Å². The minimum absolute atomic E-state index is 0. The third-order valence-electron chi connectivity index (χ3n) is 0.183. The second-order valence-corrected chi connectivity index (χ2v) is 0.610. The van der Waals surface area contributed by atoms with E-state index in [0.717, 1.165) is 0 Å². The molecule has 0 bridgehead atoms. The molecule has 0 amide bonds. The van der Waals surface area contributed by atoms with Crippen molar-refractivity contribution in [1.29, 1.82) is 0 Å². The van der Waals surface area contributed by atoms with Crippen molar-refractivity contribution in [3.05, 3.63) is 0 Å². The van der Waals surface area contributed by atoms with Gasteiger partial charge in [-0.05, 0) is 0 Å². The normalized spacial score (nSPS) is 4.89. The average molecular weight is 146 g/mol. The maximum absolute atomic E-state index is 9.10. The van der Waals surface area contributed by atoms with Gasteiger partial charge < -0.3 is 17.1 Å². The second kappa shape index (κ2) is 10.9. The SMILES string of the molecule is O.O=C(O)C(=O)O.[AlH3].[H-].[Li+]. The van der Waals surface area contributed by atoms with Gasteiger partial charge in [0, 0.05) is 0 Å². The van der Waals surface area contributed by atoms with Crippen LogP contribution in [0.15, 0.2) is 0 Å². The summed E-state index contributed by atoms with van der Waals surface area (Å²) in [6, 6.07) is 0. The van der Waals surface area contributed by atoms with Crippen molar-refractivity contribution >= 4 is 29.3 Å². The molecule has 0 aromatic rings. The van der Waals surface area contributed by atoms with Crippen molar-refractivity contribution in [3.8, 4) is 0 Å². The van der Waals surface area contributed by atoms with E-state index in [1.165, 1.54) is 0 Å². The fourth-order valence-corrected chi connectivity index (χ4v) is 0. The summed E-state index contributed by atoms with van der Waals surface area (Å²) in [6.45, 7) is 0. The van der Waals surface area contributed by atoms with Crippen molar-refractivity contribution in [2.45, 2.75) is 0 Å². The zero-order valence-corrected chi connectivity index (χ0v) is 4.21. The summed E-state index contributed by atoms with van der Waals surface area (Å²) >= 11 is 0. The number of rotatable bonds is 0. The van der Waals surface area contributed by atoms with Gasteiger partial charge in [-0.15, -0.1) is 0 Å². The van der Waals surface area contributed by atoms with Crippen LogP contribution in [0.1, 0.15) is 1.43 Å². The molecule has 0 spiro atoms. The Morgan fingerprint density at radius 2 is 1.22 bits per heavy atom. The predicted octanol–water partition coefficient (Wildman–Crippen LogP) is -5.74. The minimum Gasteiger partial charge on any atom is -1.00 e. The molecule has 50 valence electrons. The molecule has 0 saturated carbocycles. The van der Waals surface area contributed by atoms with Crippen molar-refractivity contribution in [2.75, 3.05) is 0 Å². The topological polar surface area (TPSA) is 106 Å². The molecular weight excluding hydrogens is 138 g/mol. The number of carbonyl (C=O) groups is 2. The second-order valence-electron chi connectivity index (χ2n) is 0.610. The molecule has 0 aliphatic rings. The van der Waals surface area contributed by atoms with Gasteiger partial charge in [-0.25, -0.2) is 9.59 Å². The van der Waals surface area contributed by atoms with E-state index in [1.807, 2.05) is 0 Å². The first-order valence-corrected chi connectivity index (χ1v) is 1.11. The van der Waals surface area contributed by atoms with Crippen molar-refractivity contribution < 1.29 is 45.6 Å². The number of hydrogen-bond acceptors (Lipinski definition) is 2. The van der Waals surface area contributed by atoms with Crippen LogP contribution < -0.4 is 18.9 Å². The van der Waals surface area contributed by atoms with Crippen molar-refractivity contribution in [3.63, 3.8) is 0 Å². The molecule has 7 heteroatoms. The van der Waals surface area contributed by atoms with E-state index in [2.05, 4.69) is 0 Å². The van der Waals surface area contributed by atoms with Crippen LogP contribution in [0.25, 0.3) is 0 Å². The van der Waals surface area contributed by atoms with E-state index in [4.69, 9.17) is 19.8 Å². The fourth-order valence-electron chi connectivity index (χ4n) is 0. The van der Waals surface area contributed by atoms with Crippen LogP contribution in [0.5, 0.6) is 0 Å². The van der Waals surface area contributed by atoms with Crippen LogP contribution in [0.3, 0.4) is 0 Å². The average Bonchev–Trinajstić information content (AvgIpc) is 1.36. The van der Waals surface area contributed by atoms with Crippen LogP contribution in [-0.4, -0.2) is 45.0 Å². The van der Waals surface area contributed by atoms with E-state index in [1.54, 1.807) is 0 Å². The molecule has 0 aromatic heterocycles. The molecule has 0 fully saturated rings. The minimum atomic E-state index is -1.82. The van der Waals surface area contributed by atoms with Crippen LogP contribution in [0.4, 0.5) is 0 Å². The van der Waals surface area contributed by atoms with Crippen molar-refractivity contribution in [2.24, 2.45) is 0 Å². The van der Waals surface area contributed by atoms with E-state index in [-0.39, 0.29) is 43.1 Å². The molecule has 0 atom stereocenters. The maximum Gasteiger partial charge on any atom is 1.00 e. The van der Waals surface area contributed by atoms with E-state index >= 15 is 0 Å². The molecule has 0 radical (unpaired) electrons. The van der Waals surface area contributed by atoms with E-state index in [0.29, 0.717) is 0 Å². The van der Waals surface area contributed by atoms with Gasteiger partial charge in [-0.1, -0.05) is 0 Å².